The summed E-state index contributed by atoms with van der Waals surface area (Å²) in [5, 5.41) is 0. The van der Waals surface area contributed by atoms with E-state index in [1.54, 1.807) is 32.0 Å². The Labute approximate surface area is 234 Å². The van der Waals surface area contributed by atoms with E-state index in [0.29, 0.717) is 5.57 Å². The molecule has 3 aromatic rings. The molecule has 0 spiro atoms. The van der Waals surface area contributed by atoms with Gasteiger partial charge >= 0.3 is 17.9 Å². The van der Waals surface area contributed by atoms with Crippen LogP contribution in [0, 0.1) is 6.92 Å². The van der Waals surface area contributed by atoms with Gasteiger partial charge in [-0.05, 0) is 91.6 Å². The second kappa shape index (κ2) is 11.6. The fourth-order valence-corrected chi connectivity index (χ4v) is 4.59. The number of aryl methyl sites for hydroxylation is 1. The fraction of sp³-hybridized carbons (Fsp3) is 0.206. The molecule has 1 unspecified atom stereocenters. The zero-order valence-corrected chi connectivity index (χ0v) is 23.3. The summed E-state index contributed by atoms with van der Waals surface area (Å²) in [6, 6.07) is 17.3. The molecule has 4 rings (SSSR count). The Kier molecular flexibility index (Phi) is 8.19. The Hall–Kier alpha value is -4.71. The zero-order valence-electron chi connectivity index (χ0n) is 23.3. The predicted molar refractivity (Wildman–Crippen MR) is 155 cm³/mol. The van der Waals surface area contributed by atoms with E-state index >= 15 is 0 Å². The summed E-state index contributed by atoms with van der Waals surface area (Å²) in [4.78, 5) is 36.5. The molecule has 204 valence electrons. The van der Waals surface area contributed by atoms with Crippen LogP contribution >= 0.6 is 0 Å². The van der Waals surface area contributed by atoms with Gasteiger partial charge in [0.15, 0.2) is 11.5 Å². The van der Waals surface area contributed by atoms with Crippen LogP contribution in [0.3, 0.4) is 0 Å². The molecule has 0 aromatic heterocycles. The number of fused-ring (bicyclic) bond motifs is 1. The summed E-state index contributed by atoms with van der Waals surface area (Å²) in [5.74, 6) is -1.40. The number of carbonyl (C=O) groups is 3. The van der Waals surface area contributed by atoms with E-state index in [9.17, 15) is 14.4 Å². The maximum absolute atomic E-state index is 12.3. The topological polar surface area (TPSA) is 78.9 Å². The Morgan fingerprint density at radius 3 is 1.95 bits per heavy atom. The quantitative estimate of drug-likeness (QED) is 0.170. The molecule has 40 heavy (non-hydrogen) atoms. The van der Waals surface area contributed by atoms with Gasteiger partial charge in [-0.1, -0.05) is 62.2 Å². The summed E-state index contributed by atoms with van der Waals surface area (Å²) in [6.45, 7) is 17.7. The standard InChI is InChI=1S/C34H32O6/c1-19(2)32(35)38-29-16-14-27-26(9-8-10-28(27)29)25-13-11-23(17-22(25)7)24-12-15-30(39-33(36)20(3)4)31(18-24)40-34(37)21(5)6/h8-13,15,17-18,29H,1,3,5,14,16H2,2,4,6-7H3. The molecule has 1 aliphatic carbocycles. The Morgan fingerprint density at radius 2 is 1.32 bits per heavy atom. The summed E-state index contributed by atoms with van der Waals surface area (Å²) >= 11 is 0. The first-order chi connectivity index (χ1) is 19.0. The van der Waals surface area contributed by atoms with Crippen molar-refractivity contribution in [3.63, 3.8) is 0 Å². The van der Waals surface area contributed by atoms with Crippen LogP contribution < -0.4 is 9.47 Å². The van der Waals surface area contributed by atoms with Gasteiger partial charge in [-0.3, -0.25) is 0 Å². The molecule has 0 amide bonds. The van der Waals surface area contributed by atoms with Crippen molar-refractivity contribution in [2.45, 2.75) is 46.6 Å². The van der Waals surface area contributed by atoms with E-state index in [4.69, 9.17) is 14.2 Å². The van der Waals surface area contributed by atoms with E-state index in [-0.39, 0.29) is 34.7 Å². The molecule has 0 N–H and O–H groups in total. The second-order valence-corrected chi connectivity index (χ2v) is 10.1. The molecule has 0 heterocycles. The summed E-state index contributed by atoms with van der Waals surface area (Å²) < 4.78 is 16.6. The van der Waals surface area contributed by atoms with Crippen LogP contribution in [-0.2, 0) is 25.5 Å². The lowest BCUT2D eigenvalue weighted by atomic mass is 9.91. The lowest BCUT2D eigenvalue weighted by molar-refractivity contribution is -0.144. The molecule has 0 saturated carbocycles. The molecule has 0 aliphatic heterocycles. The van der Waals surface area contributed by atoms with Crippen molar-refractivity contribution in [1.29, 1.82) is 0 Å². The highest BCUT2D eigenvalue weighted by Gasteiger charge is 2.28. The van der Waals surface area contributed by atoms with Gasteiger partial charge in [0.25, 0.3) is 0 Å². The van der Waals surface area contributed by atoms with E-state index < -0.39 is 11.9 Å². The highest BCUT2D eigenvalue weighted by molar-refractivity contribution is 5.91. The molecule has 1 atom stereocenters. The van der Waals surface area contributed by atoms with Gasteiger partial charge in [0, 0.05) is 16.7 Å². The van der Waals surface area contributed by atoms with Gasteiger partial charge in [-0.15, -0.1) is 0 Å². The maximum Gasteiger partial charge on any atom is 0.338 e. The monoisotopic (exact) mass is 536 g/mol. The average molecular weight is 537 g/mol. The molecule has 1 aliphatic rings. The fourth-order valence-electron chi connectivity index (χ4n) is 4.59. The molecule has 6 heteroatoms. The third-order valence-electron chi connectivity index (χ3n) is 6.71. The van der Waals surface area contributed by atoms with Crippen LogP contribution in [-0.4, -0.2) is 17.9 Å². The lowest BCUT2D eigenvalue weighted by Gasteiger charge is -2.16. The number of ether oxygens (including phenoxy) is 3. The van der Waals surface area contributed by atoms with Crippen molar-refractivity contribution < 1.29 is 28.6 Å². The molecule has 0 radical (unpaired) electrons. The van der Waals surface area contributed by atoms with Crippen LogP contribution in [0.15, 0.2) is 91.1 Å². The maximum atomic E-state index is 12.3. The Bertz CT molecular complexity index is 1580. The first-order valence-electron chi connectivity index (χ1n) is 12.9. The van der Waals surface area contributed by atoms with Gasteiger partial charge < -0.3 is 14.2 Å². The smallest absolute Gasteiger partial charge is 0.338 e. The molecule has 0 saturated heterocycles. The average Bonchev–Trinajstić information content (AvgIpc) is 3.32. The van der Waals surface area contributed by atoms with Gasteiger partial charge in [0.2, 0.25) is 0 Å². The van der Waals surface area contributed by atoms with Crippen molar-refractivity contribution >= 4 is 17.9 Å². The van der Waals surface area contributed by atoms with Gasteiger partial charge in [-0.25, -0.2) is 14.4 Å². The Morgan fingerprint density at radius 1 is 0.725 bits per heavy atom. The van der Waals surface area contributed by atoms with Crippen LogP contribution in [0.4, 0.5) is 0 Å². The van der Waals surface area contributed by atoms with Gasteiger partial charge in [0.1, 0.15) is 6.10 Å². The lowest BCUT2D eigenvalue weighted by Crippen LogP contribution is -2.12. The molecule has 0 bridgehead atoms. The van der Waals surface area contributed by atoms with E-state index in [1.807, 2.05) is 25.1 Å². The first kappa shape index (κ1) is 28.3. The van der Waals surface area contributed by atoms with E-state index in [1.165, 1.54) is 12.5 Å². The van der Waals surface area contributed by atoms with Gasteiger partial charge in [0.05, 0.1) is 0 Å². The molecular weight excluding hydrogens is 504 g/mol. The summed E-state index contributed by atoms with van der Waals surface area (Å²) in [7, 11) is 0. The zero-order chi connectivity index (χ0) is 29.1. The van der Waals surface area contributed by atoms with Gasteiger partial charge in [-0.2, -0.15) is 0 Å². The summed E-state index contributed by atoms with van der Waals surface area (Å²) in [5.41, 5.74) is 7.93. The largest absolute Gasteiger partial charge is 0.454 e. The van der Waals surface area contributed by atoms with Crippen molar-refractivity contribution in [2.24, 2.45) is 0 Å². The first-order valence-corrected chi connectivity index (χ1v) is 12.9. The van der Waals surface area contributed by atoms with Crippen LogP contribution in [0.1, 0.15) is 50.0 Å². The number of benzene rings is 3. The minimum atomic E-state index is -0.624. The van der Waals surface area contributed by atoms with E-state index in [2.05, 4.69) is 37.9 Å². The minimum Gasteiger partial charge on any atom is -0.454 e. The van der Waals surface area contributed by atoms with E-state index in [0.717, 1.165) is 46.2 Å². The van der Waals surface area contributed by atoms with Crippen molar-refractivity contribution in [3.05, 3.63) is 108 Å². The number of hydrogen-bond donors (Lipinski definition) is 0. The van der Waals surface area contributed by atoms with Crippen molar-refractivity contribution in [1.82, 2.24) is 0 Å². The van der Waals surface area contributed by atoms with Crippen LogP contribution in [0.2, 0.25) is 0 Å². The third-order valence-corrected chi connectivity index (χ3v) is 6.71. The normalized spacial score (nSPS) is 13.7. The minimum absolute atomic E-state index is 0.109. The Balaban J connectivity index is 1.67. The van der Waals surface area contributed by atoms with Crippen molar-refractivity contribution in [3.8, 4) is 33.8 Å². The predicted octanol–water partition coefficient (Wildman–Crippen LogP) is 7.40. The summed E-state index contributed by atoms with van der Waals surface area (Å²) in [6.07, 6.45) is 1.26. The van der Waals surface area contributed by atoms with Crippen molar-refractivity contribution in [2.75, 3.05) is 0 Å². The molecule has 0 fully saturated rings. The number of hydrogen-bond acceptors (Lipinski definition) is 6. The number of esters is 3. The molecular formula is C34H32O6. The second-order valence-electron chi connectivity index (χ2n) is 10.1. The highest BCUT2D eigenvalue weighted by Crippen LogP contribution is 2.42. The van der Waals surface area contributed by atoms with Crippen LogP contribution in [0.5, 0.6) is 11.5 Å². The highest BCUT2D eigenvalue weighted by atomic mass is 16.6. The number of carbonyl (C=O) groups excluding carboxylic acids is 3. The van der Waals surface area contributed by atoms with Crippen LogP contribution in [0.25, 0.3) is 22.3 Å². The SMILES string of the molecule is C=C(C)C(=O)Oc1ccc(-c2ccc(-c3cccc4c3CCC4OC(=O)C(=C)C)c(C)c2)cc1OC(=O)C(=C)C. The molecule has 6 nitrogen and oxygen atoms in total. The molecule has 3 aromatic carbocycles. The number of rotatable bonds is 8. The third kappa shape index (κ3) is 5.96.